The molecule has 3 fully saturated rings. The third-order valence-corrected chi connectivity index (χ3v) is 7.54. The number of likely N-dealkylation sites (tertiary alicyclic amines) is 1. The fraction of sp³-hybridized carbons (Fsp3) is 0.480. The van der Waals surface area contributed by atoms with E-state index in [9.17, 15) is 14.4 Å². The number of hydrogen-bond acceptors (Lipinski definition) is 3. The van der Waals surface area contributed by atoms with Crippen molar-refractivity contribution < 1.29 is 14.4 Å². The molecule has 0 bridgehead atoms. The van der Waals surface area contributed by atoms with Gasteiger partial charge in [-0.15, -0.1) is 0 Å². The zero-order valence-corrected chi connectivity index (χ0v) is 18.0. The molecule has 2 aromatic rings. The fourth-order valence-electron chi connectivity index (χ4n) is 5.75. The van der Waals surface area contributed by atoms with Crippen LogP contribution in [0.15, 0.2) is 42.5 Å². The summed E-state index contributed by atoms with van der Waals surface area (Å²) in [6.45, 7) is 3.02. The van der Waals surface area contributed by atoms with Crippen molar-refractivity contribution in [1.82, 2.24) is 15.1 Å². The number of urea groups is 1. The highest BCUT2D eigenvalue weighted by molar-refractivity contribution is 6.10. The number of rotatable bonds is 3. The van der Waals surface area contributed by atoms with E-state index in [1.165, 1.54) is 25.7 Å². The maximum atomic E-state index is 13.4. The first-order valence-electron chi connectivity index (χ1n) is 11.4. The summed E-state index contributed by atoms with van der Waals surface area (Å²) in [5.41, 5.74) is -0.434. The molecule has 2 aromatic carbocycles. The van der Waals surface area contributed by atoms with Crippen molar-refractivity contribution >= 4 is 28.6 Å². The quantitative estimate of drug-likeness (QED) is 0.772. The van der Waals surface area contributed by atoms with E-state index in [0.29, 0.717) is 5.92 Å². The van der Waals surface area contributed by atoms with Gasteiger partial charge in [0.1, 0.15) is 12.1 Å². The van der Waals surface area contributed by atoms with Gasteiger partial charge in [-0.3, -0.25) is 14.5 Å². The zero-order chi connectivity index (χ0) is 21.6. The Bertz CT molecular complexity index is 1050. The summed E-state index contributed by atoms with van der Waals surface area (Å²) in [6, 6.07) is 13.1. The van der Waals surface area contributed by atoms with Gasteiger partial charge >= 0.3 is 6.03 Å². The number of imide groups is 1. The molecule has 3 aliphatic rings. The monoisotopic (exact) mass is 419 g/mol. The summed E-state index contributed by atoms with van der Waals surface area (Å²) in [5, 5.41) is 4.79. The average molecular weight is 420 g/mol. The predicted octanol–water partition coefficient (Wildman–Crippen LogP) is 3.65. The molecule has 2 heterocycles. The number of amides is 4. The number of nitrogens with one attached hydrogen (secondary N) is 1. The van der Waals surface area contributed by atoms with E-state index < -0.39 is 11.6 Å². The summed E-state index contributed by atoms with van der Waals surface area (Å²) in [4.78, 5) is 42.2. The van der Waals surface area contributed by atoms with E-state index >= 15 is 0 Å². The number of hydrogen-bond donors (Lipinski definition) is 1. The number of benzene rings is 2. The lowest BCUT2D eigenvalue weighted by Gasteiger charge is -2.41. The van der Waals surface area contributed by atoms with Crippen LogP contribution in [0, 0.1) is 11.8 Å². The van der Waals surface area contributed by atoms with Crippen molar-refractivity contribution in [3.63, 3.8) is 0 Å². The molecule has 6 nitrogen and oxygen atoms in total. The maximum absolute atomic E-state index is 13.4. The second kappa shape index (κ2) is 7.66. The van der Waals surface area contributed by atoms with Gasteiger partial charge in [-0.1, -0.05) is 61.7 Å². The lowest BCUT2D eigenvalue weighted by molar-refractivity contribution is -0.140. The highest BCUT2D eigenvalue weighted by Crippen LogP contribution is 2.37. The molecule has 0 radical (unpaired) electrons. The molecule has 5 rings (SSSR count). The first-order valence-corrected chi connectivity index (χ1v) is 11.4. The molecule has 0 unspecified atom stereocenters. The van der Waals surface area contributed by atoms with Crippen molar-refractivity contribution in [2.45, 2.75) is 44.6 Å². The Kier molecular flexibility index (Phi) is 4.95. The number of piperidine rings is 1. The smallest absolute Gasteiger partial charge is 0.325 e. The Labute approximate surface area is 182 Å². The topological polar surface area (TPSA) is 69.7 Å². The molecule has 6 heteroatoms. The molecule has 0 spiro atoms. The fourth-order valence-corrected chi connectivity index (χ4v) is 5.75. The van der Waals surface area contributed by atoms with Crippen molar-refractivity contribution in [2.24, 2.45) is 11.8 Å². The molecule has 2 aliphatic heterocycles. The molecular weight excluding hydrogens is 390 g/mol. The number of carbonyl (C=O) groups is 3. The van der Waals surface area contributed by atoms with E-state index in [2.05, 4.69) is 5.32 Å². The lowest BCUT2D eigenvalue weighted by Crippen LogP contribution is -2.49. The second-order valence-electron chi connectivity index (χ2n) is 9.41. The molecule has 1 saturated carbocycles. The van der Waals surface area contributed by atoms with Gasteiger partial charge in [-0.25, -0.2) is 4.79 Å². The minimum Gasteiger partial charge on any atom is -0.341 e. The van der Waals surface area contributed by atoms with Crippen LogP contribution in [0.5, 0.6) is 0 Å². The second-order valence-corrected chi connectivity index (χ2v) is 9.41. The third kappa shape index (κ3) is 3.38. The molecule has 4 amide bonds. The summed E-state index contributed by atoms with van der Waals surface area (Å²) in [5.74, 6) is 0.795. The van der Waals surface area contributed by atoms with Crippen molar-refractivity contribution in [2.75, 3.05) is 19.6 Å². The van der Waals surface area contributed by atoms with Crippen LogP contribution in [0.25, 0.3) is 10.8 Å². The van der Waals surface area contributed by atoms with E-state index in [-0.39, 0.29) is 18.4 Å². The lowest BCUT2D eigenvalue weighted by atomic mass is 9.75. The molecule has 0 aromatic heterocycles. The number of nitrogens with zero attached hydrogens (tertiary/aromatic N) is 2. The van der Waals surface area contributed by atoms with Gasteiger partial charge in [-0.05, 0) is 47.9 Å². The Morgan fingerprint density at radius 3 is 2.61 bits per heavy atom. The van der Waals surface area contributed by atoms with Crippen molar-refractivity contribution in [1.29, 1.82) is 0 Å². The Hall–Kier alpha value is -2.89. The SMILES string of the molecule is C[C@]1(c2cccc3ccccc23)NC(=O)N(CC(=O)N2CC[C@H]3CCCC[C@@H]3C2)C1=O. The Morgan fingerprint density at radius 1 is 1.03 bits per heavy atom. The van der Waals surface area contributed by atoms with Gasteiger partial charge in [-0.2, -0.15) is 0 Å². The largest absolute Gasteiger partial charge is 0.341 e. The van der Waals surface area contributed by atoms with E-state index in [1.54, 1.807) is 6.92 Å². The zero-order valence-electron chi connectivity index (χ0n) is 18.0. The van der Waals surface area contributed by atoms with Gasteiger partial charge in [0, 0.05) is 13.1 Å². The summed E-state index contributed by atoms with van der Waals surface area (Å²) < 4.78 is 0. The van der Waals surface area contributed by atoms with E-state index in [0.717, 1.165) is 46.7 Å². The van der Waals surface area contributed by atoms with Crippen LogP contribution in [-0.4, -0.2) is 47.3 Å². The Balaban J connectivity index is 1.35. The molecule has 31 heavy (non-hydrogen) atoms. The van der Waals surface area contributed by atoms with Crippen LogP contribution < -0.4 is 5.32 Å². The number of fused-ring (bicyclic) bond motifs is 2. The van der Waals surface area contributed by atoms with Gasteiger partial charge in [0.2, 0.25) is 5.91 Å². The summed E-state index contributed by atoms with van der Waals surface area (Å²) in [6.07, 6.45) is 6.01. The highest BCUT2D eigenvalue weighted by Gasteiger charge is 2.50. The first-order chi connectivity index (χ1) is 15.0. The van der Waals surface area contributed by atoms with Crippen LogP contribution in [0.1, 0.15) is 44.6 Å². The summed E-state index contributed by atoms with van der Waals surface area (Å²) >= 11 is 0. The van der Waals surface area contributed by atoms with Crippen LogP contribution in [0.3, 0.4) is 0 Å². The minimum atomic E-state index is -1.19. The van der Waals surface area contributed by atoms with E-state index in [4.69, 9.17) is 0 Å². The van der Waals surface area contributed by atoms with E-state index in [1.807, 2.05) is 47.4 Å². The van der Waals surface area contributed by atoms with Crippen LogP contribution in [-0.2, 0) is 15.1 Å². The summed E-state index contributed by atoms with van der Waals surface area (Å²) in [7, 11) is 0. The van der Waals surface area contributed by atoms with Gasteiger partial charge < -0.3 is 10.2 Å². The maximum Gasteiger partial charge on any atom is 0.325 e. The molecule has 162 valence electrons. The predicted molar refractivity (Wildman–Crippen MR) is 118 cm³/mol. The molecular formula is C25H29N3O3. The minimum absolute atomic E-state index is 0.130. The van der Waals surface area contributed by atoms with Crippen LogP contribution in [0.2, 0.25) is 0 Å². The number of carbonyl (C=O) groups excluding carboxylic acids is 3. The molecule has 3 atom stereocenters. The molecule has 1 aliphatic carbocycles. The Morgan fingerprint density at radius 2 is 1.77 bits per heavy atom. The van der Waals surface area contributed by atoms with Gasteiger partial charge in [0.05, 0.1) is 0 Å². The van der Waals surface area contributed by atoms with Crippen molar-refractivity contribution in [3.8, 4) is 0 Å². The average Bonchev–Trinajstić information content (AvgIpc) is 3.02. The molecule has 2 saturated heterocycles. The van der Waals surface area contributed by atoms with Crippen molar-refractivity contribution in [3.05, 3.63) is 48.0 Å². The standard InChI is InChI=1S/C25H29N3O3/c1-25(21-12-6-10-18-8-4-5-11-20(18)21)23(30)28(24(31)26-25)16-22(29)27-14-13-17-7-2-3-9-19(17)15-27/h4-6,8,10-12,17,19H,2-3,7,9,13-16H2,1H3,(H,26,31)/t17-,19-,25-/m1/s1. The highest BCUT2D eigenvalue weighted by atomic mass is 16.2. The van der Waals surface area contributed by atoms with Crippen LogP contribution >= 0.6 is 0 Å². The molecule has 1 N–H and O–H groups in total. The van der Waals surface area contributed by atoms with Gasteiger partial charge in [0.15, 0.2) is 0 Å². The normalized spacial score (nSPS) is 28.5. The first kappa shape index (κ1) is 20.0. The van der Waals surface area contributed by atoms with Crippen LogP contribution in [0.4, 0.5) is 4.79 Å². The third-order valence-electron chi connectivity index (χ3n) is 7.54. The van der Waals surface area contributed by atoms with Gasteiger partial charge in [0.25, 0.3) is 5.91 Å².